The van der Waals surface area contributed by atoms with Crippen LogP contribution in [0.3, 0.4) is 0 Å². The topological polar surface area (TPSA) is 55.8 Å². The molecule has 6 heteroatoms. The van der Waals surface area contributed by atoms with Gasteiger partial charge in [0.15, 0.2) is 0 Å². The molecule has 0 aromatic heterocycles. The first-order valence-electron chi connectivity index (χ1n) is 8.34. The van der Waals surface area contributed by atoms with Gasteiger partial charge in [0.25, 0.3) is 5.91 Å². The van der Waals surface area contributed by atoms with Crippen LogP contribution in [0.4, 0.5) is 0 Å². The highest BCUT2D eigenvalue weighted by Gasteiger charge is 2.25. The molecule has 0 unspecified atom stereocenters. The Balaban J connectivity index is 2.12. The number of benzene rings is 1. The van der Waals surface area contributed by atoms with Crippen molar-refractivity contribution in [3.05, 3.63) is 35.4 Å². The Hall–Kier alpha value is -1.16. The maximum absolute atomic E-state index is 12.6. The third kappa shape index (κ3) is 5.17. The monoisotopic (exact) mass is 339 g/mol. The fraction of sp³-hybridized carbons (Fsp3) is 0.588. The second-order valence-corrected chi connectivity index (χ2v) is 7.71. The Bertz CT molecular complexity index is 559. The molecule has 1 aromatic rings. The zero-order chi connectivity index (χ0) is 16.7. The van der Waals surface area contributed by atoms with E-state index in [9.17, 15) is 9.36 Å². The molecule has 0 radical (unpaired) electrons. The predicted molar refractivity (Wildman–Crippen MR) is 90.8 cm³/mol. The van der Waals surface area contributed by atoms with Crippen molar-refractivity contribution in [3.8, 4) is 0 Å². The van der Waals surface area contributed by atoms with E-state index >= 15 is 0 Å². The standard InChI is InChI=1S/C17H26NO4P/c1-3-21-23(20,22-4-2)14-15-9-8-10-16(13-15)17(19)18-11-6-5-7-12-18/h8-10,13H,3-7,11-12,14H2,1-2H3. The first kappa shape index (κ1) is 18.2. The molecule has 1 aromatic carbocycles. The van der Waals surface area contributed by atoms with E-state index in [1.54, 1.807) is 13.8 Å². The minimum atomic E-state index is -3.15. The number of rotatable bonds is 7. The van der Waals surface area contributed by atoms with Gasteiger partial charge in [-0.1, -0.05) is 12.1 Å². The first-order valence-corrected chi connectivity index (χ1v) is 10.1. The van der Waals surface area contributed by atoms with E-state index in [2.05, 4.69) is 0 Å². The SMILES string of the molecule is CCOP(=O)(Cc1cccc(C(=O)N2CCCCC2)c1)OCC. The average molecular weight is 339 g/mol. The van der Waals surface area contributed by atoms with Crippen LogP contribution in [0.5, 0.6) is 0 Å². The Kier molecular flexibility index (Phi) is 6.82. The van der Waals surface area contributed by atoms with E-state index in [1.807, 2.05) is 29.2 Å². The predicted octanol–water partition coefficient (Wildman–Crippen LogP) is 4.08. The van der Waals surface area contributed by atoms with Gasteiger partial charge < -0.3 is 13.9 Å². The highest BCUT2D eigenvalue weighted by Crippen LogP contribution is 2.51. The molecule has 0 bridgehead atoms. The summed E-state index contributed by atoms with van der Waals surface area (Å²) in [5, 5.41) is 0. The second kappa shape index (κ2) is 8.62. The smallest absolute Gasteiger partial charge is 0.335 e. The lowest BCUT2D eigenvalue weighted by Crippen LogP contribution is -2.35. The Labute approximate surface area is 138 Å². The number of likely N-dealkylation sites (tertiary alicyclic amines) is 1. The van der Waals surface area contributed by atoms with E-state index in [-0.39, 0.29) is 12.1 Å². The summed E-state index contributed by atoms with van der Waals surface area (Å²) in [4.78, 5) is 14.5. The molecule has 0 spiro atoms. The van der Waals surface area contributed by atoms with Crippen LogP contribution >= 0.6 is 7.60 Å². The quantitative estimate of drug-likeness (QED) is 0.703. The molecule has 1 amide bonds. The zero-order valence-electron chi connectivity index (χ0n) is 14.0. The number of nitrogens with zero attached hydrogens (tertiary/aromatic N) is 1. The number of piperidine rings is 1. The maximum Gasteiger partial charge on any atom is 0.335 e. The van der Waals surface area contributed by atoms with Crippen molar-refractivity contribution >= 4 is 13.5 Å². The lowest BCUT2D eigenvalue weighted by Gasteiger charge is -2.27. The van der Waals surface area contributed by atoms with Crippen molar-refractivity contribution < 1.29 is 18.4 Å². The minimum Gasteiger partial charge on any atom is -0.339 e. The van der Waals surface area contributed by atoms with Gasteiger partial charge in [-0.15, -0.1) is 0 Å². The van der Waals surface area contributed by atoms with Crippen molar-refractivity contribution in [2.24, 2.45) is 0 Å². The molecule has 1 aliphatic rings. The normalized spacial score (nSPS) is 15.7. The third-order valence-corrected chi connectivity index (χ3v) is 5.90. The van der Waals surface area contributed by atoms with Crippen LogP contribution in [0.15, 0.2) is 24.3 Å². The lowest BCUT2D eigenvalue weighted by atomic mass is 10.1. The van der Waals surface area contributed by atoms with Gasteiger partial charge in [-0.25, -0.2) is 0 Å². The summed E-state index contributed by atoms with van der Waals surface area (Å²) >= 11 is 0. The fourth-order valence-corrected chi connectivity index (χ4v) is 4.52. The number of hydrogen-bond acceptors (Lipinski definition) is 4. The highest BCUT2D eigenvalue weighted by atomic mass is 31.2. The van der Waals surface area contributed by atoms with Gasteiger partial charge in [-0.05, 0) is 50.8 Å². The molecule has 128 valence electrons. The molecule has 1 saturated heterocycles. The van der Waals surface area contributed by atoms with Gasteiger partial charge >= 0.3 is 7.60 Å². The molecular weight excluding hydrogens is 313 g/mol. The van der Waals surface area contributed by atoms with E-state index in [0.717, 1.165) is 31.5 Å². The van der Waals surface area contributed by atoms with Crippen LogP contribution < -0.4 is 0 Å². The molecule has 0 atom stereocenters. The van der Waals surface area contributed by atoms with Crippen molar-refractivity contribution in [1.82, 2.24) is 4.90 Å². The van der Waals surface area contributed by atoms with E-state index in [1.165, 1.54) is 6.42 Å². The molecule has 23 heavy (non-hydrogen) atoms. The lowest BCUT2D eigenvalue weighted by molar-refractivity contribution is 0.0724. The summed E-state index contributed by atoms with van der Waals surface area (Å²) in [6.45, 7) is 5.90. The summed E-state index contributed by atoms with van der Waals surface area (Å²) in [7, 11) is -3.15. The van der Waals surface area contributed by atoms with Gasteiger partial charge in [0.1, 0.15) is 0 Å². The van der Waals surface area contributed by atoms with Crippen molar-refractivity contribution in [2.75, 3.05) is 26.3 Å². The number of amides is 1. The molecule has 5 nitrogen and oxygen atoms in total. The highest BCUT2D eigenvalue weighted by molar-refractivity contribution is 7.53. The van der Waals surface area contributed by atoms with Gasteiger partial charge in [0.2, 0.25) is 0 Å². The van der Waals surface area contributed by atoms with E-state index < -0.39 is 7.60 Å². The van der Waals surface area contributed by atoms with E-state index in [4.69, 9.17) is 9.05 Å². The summed E-state index contributed by atoms with van der Waals surface area (Å²) in [5.41, 5.74) is 1.45. The van der Waals surface area contributed by atoms with Crippen LogP contribution in [0.1, 0.15) is 49.0 Å². The van der Waals surface area contributed by atoms with Crippen molar-refractivity contribution in [3.63, 3.8) is 0 Å². The third-order valence-electron chi connectivity index (χ3n) is 3.85. The maximum atomic E-state index is 12.6. The van der Waals surface area contributed by atoms with Crippen LogP contribution in [0.25, 0.3) is 0 Å². The average Bonchev–Trinajstić information content (AvgIpc) is 2.55. The molecule has 0 N–H and O–H groups in total. The summed E-state index contributed by atoms with van der Waals surface area (Å²) < 4.78 is 23.3. The number of carbonyl (C=O) groups is 1. The summed E-state index contributed by atoms with van der Waals surface area (Å²) in [6, 6.07) is 7.31. The van der Waals surface area contributed by atoms with Crippen LogP contribution in [-0.4, -0.2) is 37.1 Å². The first-order chi connectivity index (χ1) is 11.1. The van der Waals surface area contributed by atoms with Gasteiger partial charge in [-0.3, -0.25) is 9.36 Å². The zero-order valence-corrected chi connectivity index (χ0v) is 14.9. The largest absolute Gasteiger partial charge is 0.339 e. The summed E-state index contributed by atoms with van der Waals surface area (Å²) in [5.74, 6) is 0.0502. The van der Waals surface area contributed by atoms with Crippen LogP contribution in [0.2, 0.25) is 0 Å². The second-order valence-electron chi connectivity index (χ2n) is 5.66. The molecule has 0 aliphatic carbocycles. The Morgan fingerprint density at radius 2 is 1.78 bits per heavy atom. The molecule has 1 aliphatic heterocycles. The molecule has 0 saturated carbocycles. The summed E-state index contributed by atoms with van der Waals surface area (Å²) in [6.07, 6.45) is 3.51. The van der Waals surface area contributed by atoms with E-state index in [0.29, 0.717) is 18.8 Å². The van der Waals surface area contributed by atoms with Crippen molar-refractivity contribution in [2.45, 2.75) is 39.3 Å². The van der Waals surface area contributed by atoms with Gasteiger partial charge in [0, 0.05) is 18.7 Å². The Morgan fingerprint density at radius 3 is 2.39 bits per heavy atom. The molecule has 2 rings (SSSR count). The Morgan fingerprint density at radius 1 is 1.13 bits per heavy atom. The fourth-order valence-electron chi connectivity index (χ4n) is 2.83. The molecule has 1 fully saturated rings. The number of hydrogen-bond donors (Lipinski definition) is 0. The molecular formula is C17H26NO4P. The number of carbonyl (C=O) groups excluding carboxylic acids is 1. The van der Waals surface area contributed by atoms with Crippen LogP contribution in [-0.2, 0) is 19.8 Å². The van der Waals surface area contributed by atoms with Gasteiger partial charge in [-0.2, -0.15) is 0 Å². The minimum absolute atomic E-state index is 0.0502. The van der Waals surface area contributed by atoms with Crippen molar-refractivity contribution in [1.29, 1.82) is 0 Å². The van der Waals surface area contributed by atoms with Crippen LogP contribution in [0, 0.1) is 0 Å². The van der Waals surface area contributed by atoms with Gasteiger partial charge in [0.05, 0.1) is 19.4 Å². The molecule has 1 heterocycles.